The van der Waals surface area contributed by atoms with Gasteiger partial charge in [0.2, 0.25) is 0 Å². The predicted molar refractivity (Wildman–Crippen MR) is 65.3 cm³/mol. The summed E-state index contributed by atoms with van der Waals surface area (Å²) in [6.07, 6.45) is -1.08. The fourth-order valence-electron chi connectivity index (χ4n) is 2.31. The van der Waals surface area contributed by atoms with Crippen molar-refractivity contribution in [1.29, 1.82) is 0 Å². The zero-order chi connectivity index (χ0) is 13.4. The molecule has 1 atom stereocenters. The van der Waals surface area contributed by atoms with Gasteiger partial charge in [0.05, 0.1) is 5.56 Å². The summed E-state index contributed by atoms with van der Waals surface area (Å²) in [7, 11) is 1.92. The summed E-state index contributed by atoms with van der Waals surface area (Å²) in [6.45, 7) is 2.22. The van der Waals surface area contributed by atoms with Gasteiger partial charge in [-0.15, -0.1) is 0 Å². The third kappa shape index (κ3) is 2.86. The maximum absolute atomic E-state index is 12.4. The second kappa shape index (κ2) is 4.57. The van der Waals surface area contributed by atoms with Crippen LogP contribution in [0.4, 0.5) is 13.2 Å². The number of hydrogen-bond donors (Lipinski definition) is 1. The zero-order valence-corrected chi connectivity index (χ0v) is 10.6. The Bertz CT molecular complexity index is 404. The molecule has 1 aliphatic rings. The highest BCUT2D eigenvalue weighted by Gasteiger charge is 2.43. The van der Waals surface area contributed by atoms with Crippen molar-refractivity contribution in [3.8, 4) is 0 Å². The van der Waals surface area contributed by atoms with Crippen molar-refractivity contribution in [3.63, 3.8) is 0 Å². The van der Waals surface area contributed by atoms with E-state index >= 15 is 0 Å². The van der Waals surface area contributed by atoms with E-state index in [9.17, 15) is 13.2 Å². The van der Waals surface area contributed by atoms with Gasteiger partial charge >= 0.3 is 6.18 Å². The Kier molecular flexibility index (Phi) is 3.41. The molecule has 100 valence electrons. The Balaban J connectivity index is 2.06. The van der Waals surface area contributed by atoms with E-state index in [2.05, 4.69) is 12.2 Å². The van der Waals surface area contributed by atoms with Crippen molar-refractivity contribution in [2.24, 2.45) is 5.41 Å². The van der Waals surface area contributed by atoms with Gasteiger partial charge in [-0.25, -0.2) is 0 Å². The predicted octanol–water partition coefficient (Wildman–Crippen LogP) is 3.64. The zero-order valence-electron chi connectivity index (χ0n) is 10.6. The highest BCUT2D eigenvalue weighted by Crippen LogP contribution is 2.48. The lowest BCUT2D eigenvalue weighted by Gasteiger charge is -2.23. The summed E-state index contributed by atoms with van der Waals surface area (Å²) in [5.74, 6) is 0. The normalized spacial score (nSPS) is 19.6. The highest BCUT2D eigenvalue weighted by molar-refractivity contribution is 5.25. The SMILES string of the molecule is CNC(Cc1ccc(C(F)(F)F)cc1)C1(C)CC1. The first kappa shape index (κ1) is 13.4. The Morgan fingerprint density at radius 3 is 2.17 bits per heavy atom. The molecule has 1 N–H and O–H groups in total. The molecule has 0 aromatic heterocycles. The van der Waals surface area contributed by atoms with E-state index in [1.54, 1.807) is 12.1 Å². The van der Waals surface area contributed by atoms with Gasteiger partial charge < -0.3 is 5.32 Å². The van der Waals surface area contributed by atoms with E-state index in [4.69, 9.17) is 0 Å². The van der Waals surface area contributed by atoms with Crippen LogP contribution in [0.3, 0.4) is 0 Å². The first-order chi connectivity index (χ1) is 8.35. The minimum atomic E-state index is -4.25. The van der Waals surface area contributed by atoms with Gasteiger partial charge in [-0.05, 0) is 49.4 Å². The molecule has 0 bridgehead atoms. The monoisotopic (exact) mass is 257 g/mol. The summed E-state index contributed by atoms with van der Waals surface area (Å²) in [6, 6.07) is 5.83. The lowest BCUT2D eigenvalue weighted by Crippen LogP contribution is -2.35. The van der Waals surface area contributed by atoms with Crippen LogP contribution in [0.1, 0.15) is 30.9 Å². The van der Waals surface area contributed by atoms with Crippen LogP contribution >= 0.6 is 0 Å². The fourth-order valence-corrected chi connectivity index (χ4v) is 2.31. The molecule has 1 aromatic rings. The molecule has 2 rings (SSSR count). The smallest absolute Gasteiger partial charge is 0.316 e. The Morgan fingerprint density at radius 2 is 1.78 bits per heavy atom. The second-order valence-electron chi connectivity index (χ2n) is 5.39. The van der Waals surface area contributed by atoms with Crippen LogP contribution in [0.25, 0.3) is 0 Å². The van der Waals surface area contributed by atoms with E-state index in [-0.39, 0.29) is 0 Å². The Morgan fingerprint density at radius 1 is 1.22 bits per heavy atom. The van der Waals surface area contributed by atoms with Crippen LogP contribution in [0, 0.1) is 5.41 Å². The average molecular weight is 257 g/mol. The van der Waals surface area contributed by atoms with E-state index in [1.165, 1.54) is 12.8 Å². The molecule has 1 fully saturated rings. The maximum atomic E-state index is 12.4. The van der Waals surface area contributed by atoms with Crippen molar-refractivity contribution in [3.05, 3.63) is 35.4 Å². The molecule has 0 aliphatic heterocycles. The molecular formula is C14H18F3N. The molecule has 4 heteroatoms. The number of nitrogens with one attached hydrogen (secondary N) is 1. The third-order valence-corrected chi connectivity index (χ3v) is 3.95. The molecule has 1 unspecified atom stereocenters. The van der Waals surface area contributed by atoms with Crippen LogP contribution in [0.2, 0.25) is 0 Å². The first-order valence-electron chi connectivity index (χ1n) is 6.18. The largest absolute Gasteiger partial charge is 0.416 e. The van der Waals surface area contributed by atoms with Crippen molar-refractivity contribution in [2.75, 3.05) is 7.05 Å². The van der Waals surface area contributed by atoms with Crippen LogP contribution in [-0.2, 0) is 12.6 Å². The average Bonchev–Trinajstić information content (AvgIpc) is 3.04. The standard InChI is InChI=1S/C14H18F3N/c1-13(7-8-13)12(18-2)9-10-3-5-11(6-4-10)14(15,16)17/h3-6,12,18H,7-9H2,1-2H3. The number of hydrogen-bond acceptors (Lipinski definition) is 1. The Labute approximate surface area is 105 Å². The highest BCUT2D eigenvalue weighted by atomic mass is 19.4. The summed E-state index contributed by atoms with van der Waals surface area (Å²) in [5.41, 5.74) is 0.692. The van der Waals surface area contributed by atoms with E-state index in [0.717, 1.165) is 24.1 Å². The molecule has 1 saturated carbocycles. The van der Waals surface area contributed by atoms with Gasteiger partial charge in [0.15, 0.2) is 0 Å². The molecule has 1 aliphatic carbocycles. The van der Waals surface area contributed by atoms with Gasteiger partial charge in [0, 0.05) is 6.04 Å². The van der Waals surface area contributed by atoms with Gasteiger partial charge in [-0.2, -0.15) is 13.2 Å². The van der Waals surface area contributed by atoms with E-state index in [1.807, 2.05) is 7.05 Å². The quantitative estimate of drug-likeness (QED) is 0.868. The molecule has 18 heavy (non-hydrogen) atoms. The molecule has 0 radical (unpaired) electrons. The number of halogens is 3. The summed E-state index contributed by atoms with van der Waals surface area (Å²) in [4.78, 5) is 0. The van der Waals surface area contributed by atoms with E-state index in [0.29, 0.717) is 11.5 Å². The van der Waals surface area contributed by atoms with Gasteiger partial charge in [0.25, 0.3) is 0 Å². The minimum absolute atomic E-state index is 0.317. The van der Waals surface area contributed by atoms with Gasteiger partial charge in [-0.1, -0.05) is 19.1 Å². The van der Waals surface area contributed by atoms with E-state index < -0.39 is 11.7 Å². The van der Waals surface area contributed by atoms with Gasteiger partial charge in [-0.3, -0.25) is 0 Å². The molecule has 0 saturated heterocycles. The van der Waals surface area contributed by atoms with Crippen molar-refractivity contribution >= 4 is 0 Å². The lowest BCUT2D eigenvalue weighted by molar-refractivity contribution is -0.137. The van der Waals surface area contributed by atoms with Gasteiger partial charge in [0.1, 0.15) is 0 Å². The lowest BCUT2D eigenvalue weighted by atomic mass is 9.92. The van der Waals surface area contributed by atoms with Crippen LogP contribution < -0.4 is 5.32 Å². The van der Waals surface area contributed by atoms with Crippen LogP contribution in [-0.4, -0.2) is 13.1 Å². The first-order valence-corrected chi connectivity index (χ1v) is 6.18. The number of alkyl halides is 3. The maximum Gasteiger partial charge on any atom is 0.416 e. The minimum Gasteiger partial charge on any atom is -0.316 e. The van der Waals surface area contributed by atoms with Crippen molar-refractivity contribution < 1.29 is 13.2 Å². The third-order valence-electron chi connectivity index (χ3n) is 3.95. The van der Waals surface area contributed by atoms with Crippen molar-refractivity contribution in [2.45, 2.75) is 38.4 Å². The van der Waals surface area contributed by atoms with Crippen LogP contribution in [0.5, 0.6) is 0 Å². The molecule has 0 spiro atoms. The molecular weight excluding hydrogens is 239 g/mol. The summed E-state index contributed by atoms with van der Waals surface area (Å²) in [5, 5.41) is 3.28. The summed E-state index contributed by atoms with van der Waals surface area (Å²) >= 11 is 0. The molecule has 1 aromatic carbocycles. The fraction of sp³-hybridized carbons (Fsp3) is 0.571. The molecule has 0 amide bonds. The Hall–Kier alpha value is -1.03. The van der Waals surface area contributed by atoms with Crippen LogP contribution in [0.15, 0.2) is 24.3 Å². The molecule has 1 nitrogen and oxygen atoms in total. The number of rotatable bonds is 4. The van der Waals surface area contributed by atoms with Crippen molar-refractivity contribution in [1.82, 2.24) is 5.32 Å². The molecule has 0 heterocycles. The second-order valence-corrected chi connectivity index (χ2v) is 5.39. The number of likely N-dealkylation sites (N-methyl/N-ethyl adjacent to an activating group) is 1. The number of benzene rings is 1. The topological polar surface area (TPSA) is 12.0 Å². The summed E-state index contributed by atoms with van der Waals surface area (Å²) < 4.78 is 37.3.